The SMILES string of the molecule is COC(=O)N[C@H](C(=O)N1CCC[C@@]1(C(N)=O)c1ccc([C@H]2CC[C@H](c3ccc([C@]4(C(N)=O)CCCN4C(=O)[C@@H](NC(=O)OC)C(C)C)c([N+](=O)[O-])c3)N2c2nc3c(s2)CCCC3)cc1[N+](=O)[O-])C(C)C. The summed E-state index contributed by atoms with van der Waals surface area (Å²) in [6.45, 7) is 6.86. The van der Waals surface area contributed by atoms with Gasteiger partial charge in [0, 0.05) is 30.1 Å². The first kappa shape index (κ1) is 51.0. The van der Waals surface area contributed by atoms with Gasteiger partial charge in [0.25, 0.3) is 11.4 Å². The van der Waals surface area contributed by atoms with Crippen molar-refractivity contribution in [2.24, 2.45) is 23.3 Å². The van der Waals surface area contributed by atoms with Crippen molar-refractivity contribution >= 4 is 63.7 Å². The van der Waals surface area contributed by atoms with Crippen LogP contribution in [0.4, 0.5) is 26.1 Å². The van der Waals surface area contributed by atoms with Crippen LogP contribution in [0.1, 0.15) is 124 Å². The number of thiazole rings is 1. The molecule has 0 unspecified atom stereocenters. The number of aryl methyl sites for hydroxylation is 2. The Balaban J connectivity index is 1.32. The second-order valence-electron chi connectivity index (χ2n) is 19.0. The van der Waals surface area contributed by atoms with Gasteiger partial charge in [-0.05, 0) is 99.3 Å². The van der Waals surface area contributed by atoms with Crippen molar-refractivity contribution in [3.8, 4) is 0 Å². The van der Waals surface area contributed by atoms with E-state index in [0.717, 1.165) is 50.5 Å². The third kappa shape index (κ3) is 8.94. The van der Waals surface area contributed by atoms with Gasteiger partial charge in [0.05, 0.1) is 53.0 Å². The largest absolute Gasteiger partial charge is 0.453 e. The molecule has 1 aliphatic carbocycles. The maximum Gasteiger partial charge on any atom is 0.407 e. The highest BCUT2D eigenvalue weighted by Gasteiger charge is 2.56. The number of nitro groups is 2. The minimum Gasteiger partial charge on any atom is -0.453 e. The molecule has 0 spiro atoms. The first-order valence-corrected chi connectivity index (χ1v) is 24.3. The topological polar surface area (TPSA) is 306 Å². The lowest BCUT2D eigenvalue weighted by atomic mass is 9.83. The van der Waals surface area contributed by atoms with Crippen LogP contribution in [0, 0.1) is 32.1 Å². The lowest BCUT2D eigenvalue weighted by Gasteiger charge is -2.39. The Morgan fingerprint density at radius 2 is 1.14 bits per heavy atom. The van der Waals surface area contributed by atoms with Crippen molar-refractivity contribution < 1.29 is 48.1 Å². The molecule has 70 heavy (non-hydrogen) atoms. The van der Waals surface area contributed by atoms with Crippen molar-refractivity contribution in [2.45, 2.75) is 127 Å². The summed E-state index contributed by atoms with van der Waals surface area (Å²) in [5.41, 5.74) is 9.23. The van der Waals surface area contributed by atoms with Gasteiger partial charge in [-0.3, -0.25) is 39.4 Å². The number of rotatable bonds is 15. The number of anilines is 1. The van der Waals surface area contributed by atoms with Crippen LogP contribution in [0.3, 0.4) is 0 Å². The molecule has 4 heterocycles. The van der Waals surface area contributed by atoms with Crippen molar-refractivity contribution in [1.29, 1.82) is 0 Å². The number of nitrogens with zero attached hydrogens (tertiary/aromatic N) is 6. The molecule has 7 rings (SSSR count). The Bertz CT molecular complexity index is 2430. The Morgan fingerprint density at radius 1 is 0.714 bits per heavy atom. The number of fused-ring (bicyclic) bond motifs is 1. The maximum atomic E-state index is 14.3. The fraction of sp³-hybridized carbons (Fsp3) is 0.553. The number of ether oxygens (including phenoxy) is 2. The summed E-state index contributed by atoms with van der Waals surface area (Å²) in [5, 5.41) is 32.1. The lowest BCUT2D eigenvalue weighted by molar-refractivity contribution is -0.386. The van der Waals surface area contributed by atoms with Crippen LogP contribution in [0.15, 0.2) is 36.4 Å². The number of nitrogens with two attached hydrogens (primary N) is 2. The highest BCUT2D eigenvalue weighted by Crippen LogP contribution is 2.52. The number of methoxy groups -OCH3 is 2. The van der Waals surface area contributed by atoms with E-state index in [-0.39, 0.29) is 49.9 Å². The third-order valence-electron chi connectivity index (χ3n) is 14.4. The number of carbonyl (C=O) groups excluding carboxylic acids is 6. The van der Waals surface area contributed by atoms with Crippen LogP contribution in [0.25, 0.3) is 0 Å². The van der Waals surface area contributed by atoms with E-state index in [1.165, 1.54) is 45.4 Å². The van der Waals surface area contributed by atoms with Crippen LogP contribution >= 0.6 is 11.3 Å². The van der Waals surface area contributed by atoms with Gasteiger partial charge < -0.3 is 46.3 Å². The van der Waals surface area contributed by atoms with E-state index in [1.54, 1.807) is 39.8 Å². The number of aromatic nitrogens is 1. The number of hydrogen-bond acceptors (Lipinski definition) is 15. The average Bonchev–Trinajstić information content (AvgIpc) is 4.16. The summed E-state index contributed by atoms with van der Waals surface area (Å²) >= 11 is 1.49. The highest BCUT2D eigenvalue weighted by molar-refractivity contribution is 7.15. The number of primary amides is 2. The van der Waals surface area contributed by atoms with E-state index < -0.39 is 104 Å². The zero-order chi connectivity index (χ0) is 51.0. The zero-order valence-electron chi connectivity index (χ0n) is 40.1. The molecule has 6 N–H and O–H groups in total. The predicted molar refractivity (Wildman–Crippen MR) is 254 cm³/mol. The van der Waals surface area contributed by atoms with Crippen LogP contribution in [-0.4, -0.2) is 99.8 Å². The number of alkyl carbamates (subject to hydrolysis) is 2. The second kappa shape index (κ2) is 20.2. The van der Waals surface area contributed by atoms with E-state index in [4.69, 9.17) is 25.9 Å². The maximum absolute atomic E-state index is 14.3. The second-order valence-corrected chi connectivity index (χ2v) is 20.1. The standard InChI is InChI=1S/C47H60N10O12S/c1-25(2)37(51-44(62)68-5)39(58)53-21-9-19-46(53,41(48)60)29-15-13-27(23-34(29)56(64)65)32-17-18-33(55(32)43-50-31-11-7-8-12-36(31)70-43)28-14-16-30(35(24-28)57(66)67)47(42(49)61)20-10-22-54(47)40(59)38(26(3)4)52-45(63)69-6/h13-16,23-26,32-33,37-38H,7-12,17-22H2,1-6H3,(H2,48,60)(H2,49,61)(H,51,62)(H,52,63)/t32-,33-,37+,38+,46+,47+/m1/s1. The summed E-state index contributed by atoms with van der Waals surface area (Å²) in [6.07, 6.45) is 3.09. The fourth-order valence-corrected chi connectivity index (χ4v) is 12.2. The molecule has 3 aromatic rings. The monoisotopic (exact) mass is 988 g/mol. The van der Waals surface area contributed by atoms with E-state index >= 15 is 0 Å². The molecular weight excluding hydrogens is 929 g/mol. The molecular formula is C47H60N10O12S. The Hall–Kier alpha value is -6.91. The fourth-order valence-electron chi connectivity index (χ4n) is 11.0. The highest BCUT2D eigenvalue weighted by atomic mass is 32.1. The summed E-state index contributed by atoms with van der Waals surface area (Å²) in [4.78, 5) is 116. The van der Waals surface area contributed by atoms with Gasteiger partial charge >= 0.3 is 12.2 Å². The summed E-state index contributed by atoms with van der Waals surface area (Å²) in [6, 6.07) is 5.57. The molecule has 2 aromatic carbocycles. The number of benzene rings is 2. The summed E-state index contributed by atoms with van der Waals surface area (Å²) in [7, 11) is 2.30. The molecule has 0 bridgehead atoms. The van der Waals surface area contributed by atoms with Crippen LogP contribution in [-0.2, 0) is 52.6 Å². The zero-order valence-corrected chi connectivity index (χ0v) is 40.9. The van der Waals surface area contributed by atoms with Crippen molar-refractivity contribution in [1.82, 2.24) is 25.4 Å². The molecule has 3 fully saturated rings. The number of nitro benzene ring substituents is 2. The summed E-state index contributed by atoms with van der Waals surface area (Å²) < 4.78 is 9.50. The van der Waals surface area contributed by atoms with Crippen molar-refractivity contribution in [3.05, 3.63) is 89.5 Å². The summed E-state index contributed by atoms with van der Waals surface area (Å²) in [5.74, 6) is -4.19. The quantitative estimate of drug-likeness (QED) is 0.111. The van der Waals surface area contributed by atoms with Gasteiger partial charge in [-0.25, -0.2) is 14.6 Å². The van der Waals surface area contributed by atoms with Gasteiger partial charge in [-0.1, -0.05) is 39.8 Å². The first-order chi connectivity index (χ1) is 33.2. The molecule has 376 valence electrons. The molecule has 6 atom stereocenters. The van der Waals surface area contributed by atoms with Gasteiger partial charge in [-0.2, -0.15) is 0 Å². The number of carbonyl (C=O) groups is 6. The molecule has 6 amide bonds. The number of hydrogen-bond donors (Lipinski definition) is 4. The van der Waals surface area contributed by atoms with Crippen LogP contribution in [0.2, 0.25) is 0 Å². The van der Waals surface area contributed by atoms with E-state index in [1.807, 2.05) is 4.90 Å². The Labute approximate surface area is 408 Å². The van der Waals surface area contributed by atoms with E-state index in [9.17, 15) is 49.0 Å². The number of likely N-dealkylation sites (tertiary alicyclic amines) is 2. The number of nitrogens with one attached hydrogen (secondary N) is 2. The Kier molecular flexibility index (Phi) is 14.7. The van der Waals surface area contributed by atoms with E-state index in [2.05, 4.69) is 10.6 Å². The van der Waals surface area contributed by atoms with Gasteiger partial charge in [-0.15, -0.1) is 11.3 Å². The van der Waals surface area contributed by atoms with Crippen molar-refractivity contribution in [3.63, 3.8) is 0 Å². The molecule has 0 saturated carbocycles. The minimum absolute atomic E-state index is 0.0139. The lowest BCUT2D eigenvalue weighted by Crippen LogP contribution is -2.59. The van der Waals surface area contributed by atoms with Gasteiger partial charge in [0.2, 0.25) is 23.6 Å². The molecule has 3 aliphatic heterocycles. The average molecular weight is 989 g/mol. The van der Waals surface area contributed by atoms with Gasteiger partial charge in [0.15, 0.2) is 16.2 Å². The number of amides is 6. The molecule has 0 radical (unpaired) electrons. The minimum atomic E-state index is -1.94. The molecule has 1 aromatic heterocycles. The van der Waals surface area contributed by atoms with Gasteiger partial charge in [0.1, 0.15) is 12.1 Å². The van der Waals surface area contributed by atoms with Crippen LogP contribution in [0.5, 0.6) is 0 Å². The van der Waals surface area contributed by atoms with Crippen LogP contribution < -0.4 is 27.0 Å². The Morgan fingerprint density at radius 3 is 1.51 bits per heavy atom. The van der Waals surface area contributed by atoms with E-state index in [0.29, 0.717) is 29.1 Å². The normalized spacial score (nSPS) is 22.9. The molecule has 23 heteroatoms. The molecule has 22 nitrogen and oxygen atoms in total. The molecule has 4 aliphatic rings. The third-order valence-corrected chi connectivity index (χ3v) is 15.6. The smallest absolute Gasteiger partial charge is 0.407 e. The molecule has 3 saturated heterocycles. The first-order valence-electron chi connectivity index (χ1n) is 23.5. The van der Waals surface area contributed by atoms with Crippen molar-refractivity contribution in [2.75, 3.05) is 32.2 Å². The predicted octanol–water partition coefficient (Wildman–Crippen LogP) is 5.29.